The van der Waals surface area contributed by atoms with Crippen molar-refractivity contribution in [3.63, 3.8) is 0 Å². The van der Waals surface area contributed by atoms with Gasteiger partial charge in [0.05, 0.1) is 16.3 Å². The van der Waals surface area contributed by atoms with Crippen molar-refractivity contribution < 1.29 is 8.42 Å². The van der Waals surface area contributed by atoms with Crippen molar-refractivity contribution in [2.45, 2.75) is 25.2 Å². The Kier molecular flexibility index (Phi) is 4.74. The van der Waals surface area contributed by atoms with Gasteiger partial charge in [-0.05, 0) is 31.5 Å². The summed E-state index contributed by atoms with van der Waals surface area (Å²) >= 11 is 0. The highest BCUT2D eigenvalue weighted by Crippen LogP contribution is 2.19. The Balaban J connectivity index is 2.25. The van der Waals surface area contributed by atoms with Gasteiger partial charge in [0.15, 0.2) is 0 Å². The van der Waals surface area contributed by atoms with Crippen LogP contribution in [-0.4, -0.2) is 24.9 Å². The third kappa shape index (κ3) is 3.91. The minimum atomic E-state index is -3.65. The Morgan fingerprint density at radius 1 is 1.19 bits per heavy atom. The van der Waals surface area contributed by atoms with Crippen molar-refractivity contribution in [1.29, 1.82) is 0 Å². The molecule has 0 saturated heterocycles. The molecular formula is C14H18N4O2S. The molecule has 2 N–H and O–H groups in total. The van der Waals surface area contributed by atoms with Gasteiger partial charge < -0.3 is 5.32 Å². The lowest BCUT2D eigenvalue weighted by molar-refractivity contribution is 0.601. The summed E-state index contributed by atoms with van der Waals surface area (Å²) in [6, 6.07) is 6.35. The van der Waals surface area contributed by atoms with Gasteiger partial charge in [-0.3, -0.25) is 9.71 Å². The second kappa shape index (κ2) is 6.53. The van der Waals surface area contributed by atoms with E-state index in [1.807, 2.05) is 6.92 Å². The summed E-state index contributed by atoms with van der Waals surface area (Å²) in [7, 11) is -3.65. The molecule has 6 nitrogen and oxygen atoms in total. The van der Waals surface area contributed by atoms with Crippen molar-refractivity contribution in [3.8, 4) is 0 Å². The highest BCUT2D eigenvalue weighted by molar-refractivity contribution is 7.92. The number of rotatable bonds is 6. The van der Waals surface area contributed by atoms with E-state index in [4.69, 9.17) is 0 Å². The van der Waals surface area contributed by atoms with Gasteiger partial charge in [0.2, 0.25) is 0 Å². The van der Waals surface area contributed by atoms with Crippen LogP contribution in [-0.2, 0) is 10.0 Å². The number of aryl methyl sites for hydroxylation is 1. The molecule has 2 aromatic heterocycles. The van der Waals surface area contributed by atoms with E-state index in [1.54, 1.807) is 25.3 Å². The Bertz CT molecular complexity index is 716. The summed E-state index contributed by atoms with van der Waals surface area (Å²) in [6.45, 7) is 4.52. The number of hydrogen-bond acceptors (Lipinski definition) is 5. The van der Waals surface area contributed by atoms with Crippen molar-refractivity contribution in [2.24, 2.45) is 0 Å². The largest absolute Gasteiger partial charge is 0.370 e. The Morgan fingerprint density at radius 2 is 2.00 bits per heavy atom. The molecule has 7 heteroatoms. The van der Waals surface area contributed by atoms with E-state index < -0.39 is 10.0 Å². The zero-order valence-corrected chi connectivity index (χ0v) is 12.8. The van der Waals surface area contributed by atoms with Crippen LogP contribution in [0.1, 0.15) is 19.0 Å². The molecule has 0 spiro atoms. The Hall–Kier alpha value is -2.15. The van der Waals surface area contributed by atoms with E-state index in [2.05, 4.69) is 20.0 Å². The zero-order chi connectivity index (χ0) is 15.3. The van der Waals surface area contributed by atoms with Gasteiger partial charge in [0.25, 0.3) is 10.0 Å². The summed E-state index contributed by atoms with van der Waals surface area (Å²) in [4.78, 5) is 8.33. The van der Waals surface area contributed by atoms with Crippen molar-refractivity contribution in [1.82, 2.24) is 9.97 Å². The first-order valence-corrected chi connectivity index (χ1v) is 8.15. The van der Waals surface area contributed by atoms with Crippen LogP contribution >= 0.6 is 0 Å². The fraction of sp³-hybridized carbons (Fsp3) is 0.286. The molecule has 0 unspecified atom stereocenters. The van der Waals surface area contributed by atoms with Crippen LogP contribution in [0, 0.1) is 6.92 Å². The molecule has 0 atom stereocenters. The lowest BCUT2D eigenvalue weighted by Crippen LogP contribution is -2.14. The van der Waals surface area contributed by atoms with Gasteiger partial charge in [-0.25, -0.2) is 13.4 Å². The fourth-order valence-corrected chi connectivity index (χ4v) is 2.85. The van der Waals surface area contributed by atoms with Crippen LogP contribution in [0.3, 0.4) is 0 Å². The summed E-state index contributed by atoms with van der Waals surface area (Å²) in [5.41, 5.74) is 1.09. The maximum absolute atomic E-state index is 12.4. The standard InChI is InChI=1S/C14H18N4O2S/c1-3-7-16-14-10-12(6-9-17-14)21(19,20)18-13-5-4-8-15-11(13)2/h4-6,8-10,18H,3,7H2,1-2H3,(H,16,17). The van der Waals surface area contributed by atoms with E-state index in [9.17, 15) is 8.42 Å². The van der Waals surface area contributed by atoms with Gasteiger partial charge in [-0.1, -0.05) is 6.92 Å². The van der Waals surface area contributed by atoms with Gasteiger partial charge in [-0.15, -0.1) is 0 Å². The third-order valence-electron chi connectivity index (χ3n) is 2.85. The lowest BCUT2D eigenvalue weighted by atomic mass is 10.3. The molecule has 0 aliphatic rings. The summed E-state index contributed by atoms with van der Waals surface area (Å²) in [6.07, 6.45) is 4.03. The minimum Gasteiger partial charge on any atom is -0.370 e. The zero-order valence-electron chi connectivity index (χ0n) is 12.0. The molecular weight excluding hydrogens is 288 g/mol. The molecule has 0 aliphatic carbocycles. The SMILES string of the molecule is CCCNc1cc(S(=O)(=O)Nc2cccnc2C)ccn1. The maximum atomic E-state index is 12.4. The molecule has 0 saturated carbocycles. The molecule has 2 rings (SSSR count). The number of sulfonamides is 1. The van der Waals surface area contributed by atoms with Crippen LogP contribution in [0.5, 0.6) is 0 Å². The second-order valence-electron chi connectivity index (χ2n) is 4.55. The smallest absolute Gasteiger partial charge is 0.262 e. The summed E-state index contributed by atoms with van der Waals surface area (Å²) < 4.78 is 27.3. The van der Waals surface area contributed by atoms with Gasteiger partial charge in [0, 0.05) is 25.0 Å². The van der Waals surface area contributed by atoms with Gasteiger partial charge >= 0.3 is 0 Å². The number of anilines is 2. The Labute approximate surface area is 124 Å². The quantitative estimate of drug-likeness (QED) is 0.856. The fourth-order valence-electron chi connectivity index (χ4n) is 1.72. The molecule has 0 radical (unpaired) electrons. The minimum absolute atomic E-state index is 0.166. The van der Waals surface area contributed by atoms with Crippen molar-refractivity contribution >= 4 is 21.5 Å². The highest BCUT2D eigenvalue weighted by Gasteiger charge is 2.16. The monoisotopic (exact) mass is 306 g/mol. The van der Waals surface area contributed by atoms with Gasteiger partial charge in [0.1, 0.15) is 5.82 Å². The third-order valence-corrected chi connectivity index (χ3v) is 4.21. The average Bonchev–Trinajstić information content (AvgIpc) is 2.48. The molecule has 2 aromatic rings. The number of pyridine rings is 2. The summed E-state index contributed by atoms with van der Waals surface area (Å²) in [5.74, 6) is 0.544. The van der Waals surface area contributed by atoms with Crippen LogP contribution < -0.4 is 10.0 Å². The lowest BCUT2D eigenvalue weighted by Gasteiger charge is -2.11. The van der Waals surface area contributed by atoms with Crippen LogP contribution in [0.25, 0.3) is 0 Å². The highest BCUT2D eigenvalue weighted by atomic mass is 32.2. The molecule has 0 amide bonds. The van der Waals surface area contributed by atoms with Crippen LogP contribution in [0.2, 0.25) is 0 Å². The van der Waals surface area contributed by atoms with Crippen LogP contribution in [0.15, 0.2) is 41.6 Å². The molecule has 2 heterocycles. The molecule has 112 valence electrons. The number of hydrogen-bond donors (Lipinski definition) is 2. The molecule has 0 aromatic carbocycles. The van der Waals surface area contributed by atoms with Crippen molar-refractivity contribution in [2.75, 3.05) is 16.6 Å². The normalized spacial score (nSPS) is 11.1. The van der Waals surface area contributed by atoms with E-state index >= 15 is 0 Å². The first-order chi connectivity index (χ1) is 10.0. The maximum Gasteiger partial charge on any atom is 0.262 e. The Morgan fingerprint density at radius 3 is 2.71 bits per heavy atom. The number of aromatic nitrogens is 2. The van der Waals surface area contributed by atoms with Crippen molar-refractivity contribution in [3.05, 3.63) is 42.4 Å². The number of nitrogens with zero attached hydrogens (tertiary/aromatic N) is 2. The molecule has 21 heavy (non-hydrogen) atoms. The van der Waals surface area contributed by atoms with Gasteiger partial charge in [-0.2, -0.15) is 0 Å². The van der Waals surface area contributed by atoms with E-state index in [-0.39, 0.29) is 4.90 Å². The van der Waals surface area contributed by atoms with E-state index in [1.165, 1.54) is 18.3 Å². The molecule has 0 fully saturated rings. The van der Waals surface area contributed by atoms with E-state index in [0.29, 0.717) is 17.2 Å². The predicted molar refractivity (Wildman–Crippen MR) is 82.8 cm³/mol. The first-order valence-electron chi connectivity index (χ1n) is 6.67. The first kappa shape index (κ1) is 15.2. The average molecular weight is 306 g/mol. The molecule has 0 aliphatic heterocycles. The topological polar surface area (TPSA) is 84.0 Å². The second-order valence-corrected chi connectivity index (χ2v) is 6.23. The molecule has 0 bridgehead atoms. The summed E-state index contributed by atoms with van der Waals surface area (Å²) in [5, 5.41) is 3.07. The predicted octanol–water partition coefficient (Wildman–Crippen LogP) is 2.41. The van der Waals surface area contributed by atoms with Crippen LogP contribution in [0.4, 0.5) is 11.5 Å². The number of nitrogens with one attached hydrogen (secondary N) is 2. The van der Waals surface area contributed by atoms with E-state index in [0.717, 1.165) is 13.0 Å².